The lowest BCUT2D eigenvalue weighted by Crippen LogP contribution is -2.41. The molecule has 22 heavy (non-hydrogen) atoms. The molecule has 1 heterocycles. The van der Waals surface area contributed by atoms with Crippen molar-refractivity contribution in [3.05, 3.63) is 30.1 Å². The first-order valence-electron chi connectivity index (χ1n) is 6.85. The van der Waals surface area contributed by atoms with E-state index in [1.165, 1.54) is 23.9 Å². The lowest BCUT2D eigenvalue weighted by molar-refractivity contribution is -0.119. The predicted molar refractivity (Wildman–Crippen MR) is 85.0 cm³/mol. The number of benzene rings is 1. The lowest BCUT2D eigenvalue weighted by Gasteiger charge is -2.20. The number of halogens is 1. The molecule has 1 aromatic carbocycles. The highest BCUT2D eigenvalue weighted by molar-refractivity contribution is 7.99. The molecule has 0 aliphatic carbocycles. The first-order valence-corrected chi connectivity index (χ1v) is 7.84. The van der Waals surface area contributed by atoms with Gasteiger partial charge in [0.25, 0.3) is 0 Å². The number of rotatable bonds is 4. The highest BCUT2D eigenvalue weighted by atomic mass is 32.2. The SMILES string of the molecule is Cn1c(SCC(=O)NC(C)(C)C)nnc1-c1ccc(F)cc1. The molecular formula is C15H19FN4OS. The fourth-order valence-electron chi connectivity index (χ4n) is 1.88. The van der Waals surface area contributed by atoms with Crippen molar-refractivity contribution in [3.63, 3.8) is 0 Å². The average Bonchev–Trinajstić information content (AvgIpc) is 2.77. The Bertz CT molecular complexity index is 661. The van der Waals surface area contributed by atoms with Gasteiger partial charge < -0.3 is 9.88 Å². The van der Waals surface area contributed by atoms with E-state index in [0.29, 0.717) is 11.0 Å². The van der Waals surface area contributed by atoms with Crippen LogP contribution >= 0.6 is 11.8 Å². The van der Waals surface area contributed by atoms with Crippen molar-refractivity contribution in [1.29, 1.82) is 0 Å². The maximum absolute atomic E-state index is 13.0. The second-order valence-corrected chi connectivity index (χ2v) is 6.90. The maximum Gasteiger partial charge on any atom is 0.230 e. The normalized spacial score (nSPS) is 11.5. The Kier molecular flexibility index (Phi) is 4.85. The van der Waals surface area contributed by atoms with E-state index in [4.69, 9.17) is 0 Å². The summed E-state index contributed by atoms with van der Waals surface area (Å²) < 4.78 is 14.8. The van der Waals surface area contributed by atoms with Gasteiger partial charge in [-0.25, -0.2) is 4.39 Å². The molecule has 1 N–H and O–H groups in total. The molecular weight excluding hydrogens is 303 g/mol. The van der Waals surface area contributed by atoms with Gasteiger partial charge >= 0.3 is 0 Å². The van der Waals surface area contributed by atoms with Crippen LogP contribution in [0.4, 0.5) is 4.39 Å². The highest BCUT2D eigenvalue weighted by Crippen LogP contribution is 2.22. The standard InChI is InChI=1S/C15H19FN4OS/c1-15(2,3)17-12(21)9-22-14-19-18-13(20(14)4)10-5-7-11(16)8-6-10/h5-8H,9H2,1-4H3,(H,17,21). The van der Waals surface area contributed by atoms with Crippen molar-refractivity contribution in [2.24, 2.45) is 7.05 Å². The quantitative estimate of drug-likeness (QED) is 0.879. The number of carbonyl (C=O) groups is 1. The molecule has 118 valence electrons. The Balaban J connectivity index is 2.05. The third kappa shape index (κ3) is 4.30. The molecule has 0 radical (unpaired) electrons. The number of nitrogens with one attached hydrogen (secondary N) is 1. The largest absolute Gasteiger partial charge is 0.351 e. The van der Waals surface area contributed by atoms with Crippen molar-refractivity contribution in [3.8, 4) is 11.4 Å². The maximum atomic E-state index is 13.0. The van der Waals surface area contributed by atoms with Crippen molar-refractivity contribution < 1.29 is 9.18 Å². The molecule has 0 atom stereocenters. The number of aromatic nitrogens is 3. The molecule has 0 spiro atoms. The van der Waals surface area contributed by atoms with Crippen LogP contribution in [0.3, 0.4) is 0 Å². The van der Waals surface area contributed by atoms with Gasteiger partial charge in [0, 0.05) is 18.2 Å². The van der Waals surface area contributed by atoms with E-state index in [2.05, 4.69) is 15.5 Å². The molecule has 7 heteroatoms. The zero-order chi connectivity index (χ0) is 16.3. The summed E-state index contributed by atoms with van der Waals surface area (Å²) in [6.45, 7) is 5.81. The Hall–Kier alpha value is -1.89. The predicted octanol–water partition coefficient (Wildman–Crippen LogP) is 2.63. The van der Waals surface area contributed by atoms with E-state index in [1.54, 1.807) is 16.7 Å². The number of hydrogen-bond donors (Lipinski definition) is 1. The van der Waals surface area contributed by atoms with E-state index in [9.17, 15) is 9.18 Å². The Morgan fingerprint density at radius 2 is 1.91 bits per heavy atom. The van der Waals surface area contributed by atoms with E-state index in [1.807, 2.05) is 27.8 Å². The van der Waals surface area contributed by atoms with Crippen LogP contribution in [0.15, 0.2) is 29.4 Å². The van der Waals surface area contributed by atoms with Gasteiger partial charge in [0.1, 0.15) is 5.82 Å². The van der Waals surface area contributed by atoms with Crippen molar-refractivity contribution in [2.75, 3.05) is 5.75 Å². The fourth-order valence-corrected chi connectivity index (χ4v) is 2.59. The molecule has 0 aliphatic rings. The monoisotopic (exact) mass is 322 g/mol. The molecule has 1 aromatic heterocycles. The van der Waals surface area contributed by atoms with E-state index >= 15 is 0 Å². The topological polar surface area (TPSA) is 59.8 Å². The van der Waals surface area contributed by atoms with Crippen molar-refractivity contribution >= 4 is 17.7 Å². The minimum Gasteiger partial charge on any atom is -0.351 e. The summed E-state index contributed by atoms with van der Waals surface area (Å²) in [4.78, 5) is 11.8. The number of amides is 1. The Labute approximate surface area is 133 Å². The number of nitrogens with zero attached hydrogens (tertiary/aromatic N) is 3. The van der Waals surface area contributed by atoms with E-state index < -0.39 is 0 Å². The molecule has 0 fully saturated rings. The summed E-state index contributed by atoms with van der Waals surface area (Å²) in [5.41, 5.74) is 0.527. The van der Waals surface area contributed by atoms with Crippen LogP contribution in [-0.4, -0.2) is 32.0 Å². The molecule has 0 aliphatic heterocycles. The van der Waals surface area contributed by atoms with Crippen LogP contribution in [0.2, 0.25) is 0 Å². The zero-order valence-corrected chi connectivity index (χ0v) is 13.9. The van der Waals surface area contributed by atoms with Crippen LogP contribution < -0.4 is 5.32 Å². The molecule has 0 saturated carbocycles. The van der Waals surface area contributed by atoms with Gasteiger partial charge in [-0.05, 0) is 45.0 Å². The second kappa shape index (κ2) is 6.48. The molecule has 1 amide bonds. The summed E-state index contributed by atoms with van der Waals surface area (Å²) in [6.07, 6.45) is 0. The summed E-state index contributed by atoms with van der Waals surface area (Å²) in [5.74, 6) is 0.564. The summed E-state index contributed by atoms with van der Waals surface area (Å²) in [7, 11) is 1.82. The second-order valence-electron chi connectivity index (χ2n) is 5.96. The van der Waals surface area contributed by atoms with Gasteiger partial charge in [0.05, 0.1) is 5.75 Å². The van der Waals surface area contributed by atoms with Crippen LogP contribution in [0, 0.1) is 5.82 Å². The zero-order valence-electron chi connectivity index (χ0n) is 13.1. The molecule has 5 nitrogen and oxygen atoms in total. The lowest BCUT2D eigenvalue weighted by atomic mass is 10.1. The average molecular weight is 322 g/mol. The number of thioether (sulfide) groups is 1. The molecule has 2 aromatic rings. The van der Waals surface area contributed by atoms with Crippen molar-refractivity contribution in [2.45, 2.75) is 31.5 Å². The molecule has 0 unspecified atom stereocenters. The van der Waals surface area contributed by atoms with Gasteiger partial charge in [-0.15, -0.1) is 10.2 Å². The first-order chi connectivity index (χ1) is 10.3. The number of carbonyl (C=O) groups excluding carboxylic acids is 1. The van der Waals surface area contributed by atoms with E-state index in [-0.39, 0.29) is 23.0 Å². The van der Waals surface area contributed by atoms with Crippen LogP contribution in [-0.2, 0) is 11.8 Å². The third-order valence-electron chi connectivity index (χ3n) is 2.78. The Morgan fingerprint density at radius 3 is 2.50 bits per heavy atom. The van der Waals surface area contributed by atoms with Crippen LogP contribution in [0.5, 0.6) is 0 Å². The summed E-state index contributed by atoms with van der Waals surface area (Å²) >= 11 is 1.32. The summed E-state index contributed by atoms with van der Waals surface area (Å²) in [6, 6.07) is 6.07. The third-order valence-corrected chi connectivity index (χ3v) is 3.80. The summed E-state index contributed by atoms with van der Waals surface area (Å²) in [5, 5.41) is 11.7. The highest BCUT2D eigenvalue weighted by Gasteiger charge is 2.16. The van der Waals surface area contributed by atoms with Gasteiger partial charge in [0.15, 0.2) is 11.0 Å². The van der Waals surface area contributed by atoms with Gasteiger partial charge in [-0.1, -0.05) is 11.8 Å². The smallest absolute Gasteiger partial charge is 0.230 e. The number of hydrogen-bond acceptors (Lipinski definition) is 4. The molecule has 2 rings (SSSR count). The molecule has 0 bridgehead atoms. The minimum atomic E-state index is -0.292. The first kappa shape index (κ1) is 16.5. The Morgan fingerprint density at radius 1 is 1.27 bits per heavy atom. The van der Waals surface area contributed by atoms with Crippen LogP contribution in [0.25, 0.3) is 11.4 Å². The van der Waals surface area contributed by atoms with Crippen LogP contribution in [0.1, 0.15) is 20.8 Å². The van der Waals surface area contributed by atoms with Gasteiger partial charge in [-0.3, -0.25) is 4.79 Å². The fraction of sp³-hybridized carbons (Fsp3) is 0.400. The minimum absolute atomic E-state index is 0.0520. The van der Waals surface area contributed by atoms with Gasteiger partial charge in [-0.2, -0.15) is 0 Å². The van der Waals surface area contributed by atoms with E-state index in [0.717, 1.165) is 5.56 Å². The van der Waals surface area contributed by atoms with Crippen molar-refractivity contribution in [1.82, 2.24) is 20.1 Å². The van der Waals surface area contributed by atoms with Gasteiger partial charge in [0.2, 0.25) is 5.91 Å². The molecule has 0 saturated heterocycles.